The first kappa shape index (κ1) is 18.8. The molecule has 2 fully saturated rings. The van der Waals surface area contributed by atoms with E-state index < -0.39 is 0 Å². The first-order chi connectivity index (χ1) is 13.1. The van der Waals surface area contributed by atoms with E-state index in [4.69, 9.17) is 27.9 Å². The lowest BCUT2D eigenvalue weighted by atomic mass is 10.0. The highest BCUT2D eigenvalue weighted by molar-refractivity contribution is 6.41. The quantitative estimate of drug-likeness (QED) is 0.711. The molecule has 3 heterocycles. The molecular formula is C20H22Cl2N2O3. The molecule has 1 atom stereocenters. The van der Waals surface area contributed by atoms with E-state index in [9.17, 15) is 9.59 Å². The number of halogens is 2. The largest absolute Gasteiger partial charge is 0.376 e. The summed E-state index contributed by atoms with van der Waals surface area (Å²) in [6.07, 6.45) is 4.91. The normalized spacial score (nSPS) is 23.7. The summed E-state index contributed by atoms with van der Waals surface area (Å²) in [4.78, 5) is 29.9. The molecule has 1 unspecified atom stereocenters. The van der Waals surface area contributed by atoms with E-state index in [1.54, 1.807) is 18.2 Å². The average molecular weight is 409 g/mol. The Morgan fingerprint density at radius 1 is 1.04 bits per heavy atom. The second-order valence-electron chi connectivity index (χ2n) is 7.25. The fourth-order valence-electron chi connectivity index (χ4n) is 4.07. The van der Waals surface area contributed by atoms with Crippen LogP contribution >= 0.6 is 23.2 Å². The van der Waals surface area contributed by atoms with E-state index in [2.05, 4.69) is 0 Å². The third-order valence-corrected chi connectivity index (χ3v) is 5.97. The minimum atomic E-state index is -0.291. The van der Waals surface area contributed by atoms with Crippen molar-refractivity contribution in [2.75, 3.05) is 26.2 Å². The molecule has 0 bridgehead atoms. The number of carbonyl (C=O) groups excluding carboxylic acids is 2. The van der Waals surface area contributed by atoms with Crippen molar-refractivity contribution in [1.29, 1.82) is 0 Å². The van der Waals surface area contributed by atoms with Gasteiger partial charge >= 0.3 is 0 Å². The van der Waals surface area contributed by atoms with Crippen LogP contribution in [0.1, 0.15) is 37.7 Å². The molecule has 0 N–H and O–H groups in total. The standard InChI is InChI=1S/C20H22Cl2N2O3/c21-13-6-7-15(16(22)11-13)17-18(23-8-2-1-3-9-23)20(26)24(19(17)25)12-14-5-4-10-27-14/h6-7,11,14H,1-5,8-10,12H2. The number of likely N-dealkylation sites (tertiary alicyclic amines) is 1. The lowest BCUT2D eigenvalue weighted by molar-refractivity contribution is -0.139. The summed E-state index contributed by atoms with van der Waals surface area (Å²) in [7, 11) is 0. The lowest BCUT2D eigenvalue weighted by Gasteiger charge is -2.30. The number of piperidine rings is 1. The van der Waals surface area contributed by atoms with Gasteiger partial charge in [-0.05, 0) is 44.2 Å². The molecule has 0 aromatic heterocycles. The van der Waals surface area contributed by atoms with Crippen LogP contribution in [0.4, 0.5) is 0 Å². The number of nitrogens with zero attached hydrogens (tertiary/aromatic N) is 2. The fraction of sp³-hybridized carbons (Fsp3) is 0.500. The maximum absolute atomic E-state index is 13.3. The number of benzene rings is 1. The minimum Gasteiger partial charge on any atom is -0.376 e. The molecule has 3 aliphatic heterocycles. The third-order valence-electron chi connectivity index (χ3n) is 5.43. The molecule has 4 rings (SSSR count). The van der Waals surface area contributed by atoms with Gasteiger partial charge in [0.25, 0.3) is 11.8 Å². The molecule has 2 amide bonds. The van der Waals surface area contributed by atoms with Gasteiger partial charge in [-0.15, -0.1) is 0 Å². The van der Waals surface area contributed by atoms with Crippen molar-refractivity contribution in [3.63, 3.8) is 0 Å². The summed E-state index contributed by atoms with van der Waals surface area (Å²) in [5.41, 5.74) is 1.43. The van der Waals surface area contributed by atoms with Crippen LogP contribution in [0, 0.1) is 0 Å². The van der Waals surface area contributed by atoms with E-state index in [1.165, 1.54) is 4.90 Å². The zero-order chi connectivity index (χ0) is 19.0. The fourth-order valence-corrected chi connectivity index (χ4v) is 4.57. The SMILES string of the molecule is O=C1C(c2ccc(Cl)cc2Cl)=C(N2CCCCC2)C(=O)N1CC1CCCO1. The third kappa shape index (κ3) is 3.60. The Hall–Kier alpha value is -1.56. The summed E-state index contributed by atoms with van der Waals surface area (Å²) < 4.78 is 5.65. The highest BCUT2D eigenvalue weighted by Gasteiger charge is 2.43. The summed E-state index contributed by atoms with van der Waals surface area (Å²) in [6.45, 7) is 2.53. The monoisotopic (exact) mass is 408 g/mol. The topological polar surface area (TPSA) is 49.9 Å². The minimum absolute atomic E-state index is 0.0828. The summed E-state index contributed by atoms with van der Waals surface area (Å²) in [6, 6.07) is 5.04. The van der Waals surface area contributed by atoms with Gasteiger partial charge in [-0.25, -0.2) is 0 Å². The second-order valence-corrected chi connectivity index (χ2v) is 8.10. The first-order valence-electron chi connectivity index (χ1n) is 9.48. The molecule has 0 spiro atoms. The van der Waals surface area contributed by atoms with Crippen LogP contribution in [0.15, 0.2) is 23.9 Å². The summed E-state index contributed by atoms with van der Waals surface area (Å²) in [5, 5.41) is 0.879. The van der Waals surface area contributed by atoms with Gasteiger partial charge in [0.2, 0.25) is 0 Å². The van der Waals surface area contributed by atoms with E-state index in [0.29, 0.717) is 40.0 Å². The van der Waals surface area contributed by atoms with Gasteiger partial charge in [0, 0.05) is 30.3 Å². The van der Waals surface area contributed by atoms with Crippen LogP contribution in [0.3, 0.4) is 0 Å². The van der Waals surface area contributed by atoms with Crippen LogP contribution in [-0.4, -0.2) is 54.0 Å². The molecule has 1 aromatic rings. The van der Waals surface area contributed by atoms with Crippen molar-refractivity contribution < 1.29 is 14.3 Å². The zero-order valence-electron chi connectivity index (χ0n) is 15.0. The molecule has 7 heteroatoms. The van der Waals surface area contributed by atoms with Crippen LogP contribution in [-0.2, 0) is 14.3 Å². The number of ether oxygens (including phenoxy) is 1. The molecule has 144 valence electrons. The van der Waals surface area contributed by atoms with Crippen molar-refractivity contribution in [3.8, 4) is 0 Å². The predicted molar refractivity (Wildman–Crippen MR) is 105 cm³/mol. The molecule has 2 saturated heterocycles. The van der Waals surface area contributed by atoms with Crippen LogP contribution in [0.25, 0.3) is 5.57 Å². The smallest absolute Gasteiger partial charge is 0.277 e. The summed E-state index contributed by atoms with van der Waals surface area (Å²) >= 11 is 12.4. The van der Waals surface area contributed by atoms with Gasteiger partial charge in [-0.2, -0.15) is 0 Å². The molecule has 3 aliphatic rings. The summed E-state index contributed by atoms with van der Waals surface area (Å²) in [5.74, 6) is -0.529. The number of carbonyl (C=O) groups is 2. The van der Waals surface area contributed by atoms with Gasteiger partial charge in [-0.1, -0.05) is 29.3 Å². The van der Waals surface area contributed by atoms with E-state index in [-0.39, 0.29) is 17.9 Å². The van der Waals surface area contributed by atoms with Crippen LogP contribution in [0.5, 0.6) is 0 Å². The molecule has 0 radical (unpaired) electrons. The van der Waals surface area contributed by atoms with Gasteiger partial charge in [-0.3, -0.25) is 14.5 Å². The van der Waals surface area contributed by atoms with Crippen molar-refractivity contribution in [3.05, 3.63) is 39.5 Å². The Bertz CT molecular complexity index is 796. The van der Waals surface area contributed by atoms with E-state index >= 15 is 0 Å². The maximum atomic E-state index is 13.3. The molecule has 27 heavy (non-hydrogen) atoms. The Labute approximate surface area is 168 Å². The number of hydrogen-bond donors (Lipinski definition) is 0. The van der Waals surface area contributed by atoms with Gasteiger partial charge < -0.3 is 9.64 Å². The van der Waals surface area contributed by atoms with Crippen LogP contribution < -0.4 is 0 Å². The zero-order valence-corrected chi connectivity index (χ0v) is 16.6. The highest BCUT2D eigenvalue weighted by atomic mass is 35.5. The first-order valence-corrected chi connectivity index (χ1v) is 10.2. The maximum Gasteiger partial charge on any atom is 0.277 e. The molecular weight excluding hydrogens is 387 g/mol. The Kier molecular flexibility index (Phi) is 5.44. The lowest BCUT2D eigenvalue weighted by Crippen LogP contribution is -2.40. The second kappa shape index (κ2) is 7.82. The Morgan fingerprint density at radius 2 is 1.81 bits per heavy atom. The van der Waals surface area contributed by atoms with Gasteiger partial charge in [0.15, 0.2) is 0 Å². The number of imide groups is 1. The van der Waals surface area contributed by atoms with Gasteiger partial charge in [0.05, 0.1) is 23.2 Å². The van der Waals surface area contributed by atoms with Gasteiger partial charge in [0.1, 0.15) is 5.70 Å². The Balaban J connectivity index is 1.74. The number of rotatable bonds is 4. The van der Waals surface area contributed by atoms with Crippen molar-refractivity contribution in [2.24, 2.45) is 0 Å². The average Bonchev–Trinajstić information content (AvgIpc) is 3.25. The highest BCUT2D eigenvalue weighted by Crippen LogP contribution is 2.37. The molecule has 5 nitrogen and oxygen atoms in total. The Morgan fingerprint density at radius 3 is 2.48 bits per heavy atom. The molecule has 1 aromatic carbocycles. The number of amides is 2. The van der Waals surface area contributed by atoms with Crippen molar-refractivity contribution >= 4 is 40.6 Å². The van der Waals surface area contributed by atoms with Crippen molar-refractivity contribution in [2.45, 2.75) is 38.2 Å². The number of hydrogen-bond acceptors (Lipinski definition) is 4. The molecule has 0 aliphatic carbocycles. The predicted octanol–water partition coefficient (Wildman–Crippen LogP) is 3.74. The van der Waals surface area contributed by atoms with E-state index in [1.807, 2.05) is 4.90 Å². The molecule has 0 saturated carbocycles. The van der Waals surface area contributed by atoms with Crippen LogP contribution in [0.2, 0.25) is 10.0 Å². The van der Waals surface area contributed by atoms with Crippen molar-refractivity contribution in [1.82, 2.24) is 9.80 Å². The van der Waals surface area contributed by atoms with E-state index in [0.717, 1.165) is 45.2 Å².